The molecule has 21 heavy (non-hydrogen) atoms. The van der Waals surface area contributed by atoms with Gasteiger partial charge in [0.15, 0.2) is 0 Å². The maximum Gasteiger partial charge on any atom is 0.328 e. The first-order valence-electron chi connectivity index (χ1n) is 6.83. The summed E-state index contributed by atoms with van der Waals surface area (Å²) in [5.74, 6) is -0.479. The van der Waals surface area contributed by atoms with Crippen LogP contribution in [-0.2, 0) is 9.59 Å². The van der Waals surface area contributed by atoms with Gasteiger partial charge in [0.25, 0.3) is 0 Å². The van der Waals surface area contributed by atoms with E-state index >= 15 is 0 Å². The van der Waals surface area contributed by atoms with Crippen LogP contribution in [0, 0.1) is 6.92 Å². The summed E-state index contributed by atoms with van der Waals surface area (Å²) in [5, 5.41) is 11.5. The smallest absolute Gasteiger partial charge is 0.328 e. The highest BCUT2D eigenvalue weighted by atomic mass is 16.5. The lowest BCUT2D eigenvalue weighted by molar-refractivity contribution is -0.131. The number of aryl methyl sites for hydroxylation is 1. The molecule has 0 aromatic heterocycles. The van der Waals surface area contributed by atoms with E-state index in [2.05, 4.69) is 5.32 Å². The molecule has 1 aromatic carbocycles. The topological polar surface area (TPSA) is 75.6 Å². The highest BCUT2D eigenvalue weighted by molar-refractivity contribution is 5.86. The van der Waals surface area contributed by atoms with E-state index in [9.17, 15) is 9.59 Å². The standard InChI is InChI=1S/C16H21NO4/c1-11(2)17-14(18)9-10-21-16-12(3)5-4-6-13(16)7-8-15(19)20/h4-8,11H,9-10H2,1-3H3,(H,17,18)(H,19,20)/b8-7+. The van der Waals surface area contributed by atoms with Crippen LogP contribution in [0.1, 0.15) is 31.4 Å². The number of nitrogens with one attached hydrogen (secondary N) is 1. The Morgan fingerprint density at radius 3 is 2.71 bits per heavy atom. The summed E-state index contributed by atoms with van der Waals surface area (Å²) in [6.07, 6.45) is 2.81. The van der Waals surface area contributed by atoms with Crippen LogP contribution >= 0.6 is 0 Å². The maximum absolute atomic E-state index is 11.5. The second kappa shape index (κ2) is 8.09. The highest BCUT2D eigenvalue weighted by Crippen LogP contribution is 2.24. The van der Waals surface area contributed by atoms with Gasteiger partial charge in [0.1, 0.15) is 5.75 Å². The Balaban J connectivity index is 2.69. The van der Waals surface area contributed by atoms with E-state index in [1.807, 2.05) is 32.9 Å². The van der Waals surface area contributed by atoms with E-state index in [0.717, 1.165) is 11.6 Å². The minimum Gasteiger partial charge on any atom is -0.492 e. The minimum atomic E-state index is -1.02. The molecule has 1 amide bonds. The summed E-state index contributed by atoms with van der Waals surface area (Å²) >= 11 is 0. The number of hydrogen-bond acceptors (Lipinski definition) is 3. The number of carbonyl (C=O) groups is 2. The number of benzene rings is 1. The molecule has 0 radical (unpaired) electrons. The number of carboxylic acid groups (broad SMARTS) is 1. The number of carbonyl (C=O) groups excluding carboxylic acids is 1. The molecule has 0 saturated carbocycles. The third-order valence-corrected chi connectivity index (χ3v) is 2.67. The fourth-order valence-electron chi connectivity index (χ4n) is 1.80. The third-order valence-electron chi connectivity index (χ3n) is 2.67. The molecule has 0 aliphatic rings. The molecule has 0 spiro atoms. The van der Waals surface area contributed by atoms with E-state index < -0.39 is 5.97 Å². The Kier molecular flexibility index (Phi) is 6.46. The lowest BCUT2D eigenvalue weighted by Gasteiger charge is -2.13. The van der Waals surface area contributed by atoms with Crippen molar-refractivity contribution >= 4 is 18.0 Å². The number of ether oxygens (including phenoxy) is 1. The van der Waals surface area contributed by atoms with Crippen LogP contribution < -0.4 is 10.1 Å². The maximum atomic E-state index is 11.5. The Bertz CT molecular complexity index is 535. The van der Waals surface area contributed by atoms with Crippen molar-refractivity contribution in [1.29, 1.82) is 0 Å². The van der Waals surface area contributed by atoms with E-state index in [0.29, 0.717) is 11.3 Å². The van der Waals surface area contributed by atoms with Crippen LogP contribution in [0.15, 0.2) is 24.3 Å². The predicted molar refractivity (Wildman–Crippen MR) is 81.2 cm³/mol. The zero-order valence-electron chi connectivity index (χ0n) is 12.6. The SMILES string of the molecule is Cc1cccc(/C=C/C(=O)O)c1OCCC(=O)NC(C)C. The Morgan fingerprint density at radius 2 is 2.10 bits per heavy atom. The predicted octanol–water partition coefficient (Wildman–Crippen LogP) is 2.39. The van der Waals surface area contributed by atoms with Crippen molar-refractivity contribution in [2.24, 2.45) is 0 Å². The first-order chi connectivity index (χ1) is 9.90. The van der Waals surface area contributed by atoms with Crippen molar-refractivity contribution in [3.05, 3.63) is 35.4 Å². The van der Waals surface area contributed by atoms with Crippen molar-refractivity contribution < 1.29 is 19.4 Å². The molecule has 0 bridgehead atoms. The molecule has 0 atom stereocenters. The van der Waals surface area contributed by atoms with Crippen LogP contribution in [0.2, 0.25) is 0 Å². The van der Waals surface area contributed by atoms with Gasteiger partial charge in [-0.3, -0.25) is 4.79 Å². The third kappa shape index (κ3) is 6.12. The average Bonchev–Trinajstić information content (AvgIpc) is 2.37. The molecular formula is C16H21NO4. The molecule has 5 nitrogen and oxygen atoms in total. The van der Waals surface area contributed by atoms with Crippen LogP contribution in [0.4, 0.5) is 0 Å². The van der Waals surface area contributed by atoms with E-state index in [4.69, 9.17) is 9.84 Å². The van der Waals surface area contributed by atoms with Gasteiger partial charge in [-0.25, -0.2) is 4.79 Å². The number of aliphatic carboxylic acids is 1. The number of hydrogen-bond donors (Lipinski definition) is 2. The summed E-state index contributed by atoms with van der Waals surface area (Å²) < 4.78 is 5.65. The second-order valence-electron chi connectivity index (χ2n) is 4.99. The summed E-state index contributed by atoms with van der Waals surface area (Å²) in [7, 11) is 0. The minimum absolute atomic E-state index is 0.0683. The highest BCUT2D eigenvalue weighted by Gasteiger charge is 2.07. The largest absolute Gasteiger partial charge is 0.492 e. The van der Waals surface area contributed by atoms with Crippen molar-refractivity contribution in [2.75, 3.05) is 6.61 Å². The number of rotatable bonds is 7. The lowest BCUT2D eigenvalue weighted by atomic mass is 10.1. The molecule has 5 heteroatoms. The average molecular weight is 291 g/mol. The van der Waals surface area contributed by atoms with Gasteiger partial charge in [-0.05, 0) is 32.4 Å². The first-order valence-corrected chi connectivity index (χ1v) is 6.83. The zero-order valence-corrected chi connectivity index (χ0v) is 12.6. The Morgan fingerprint density at radius 1 is 1.38 bits per heavy atom. The molecular weight excluding hydrogens is 270 g/mol. The van der Waals surface area contributed by atoms with Crippen LogP contribution in [-0.4, -0.2) is 29.6 Å². The Labute approximate surface area is 124 Å². The second-order valence-corrected chi connectivity index (χ2v) is 4.99. The monoisotopic (exact) mass is 291 g/mol. The summed E-state index contributed by atoms with van der Waals surface area (Å²) in [6, 6.07) is 5.58. The van der Waals surface area contributed by atoms with Gasteiger partial charge in [-0.15, -0.1) is 0 Å². The van der Waals surface area contributed by atoms with Gasteiger partial charge in [0, 0.05) is 17.7 Å². The van der Waals surface area contributed by atoms with Gasteiger partial charge < -0.3 is 15.2 Å². The van der Waals surface area contributed by atoms with Gasteiger partial charge in [-0.2, -0.15) is 0 Å². The summed E-state index contributed by atoms with van der Waals surface area (Å²) in [6.45, 7) is 5.92. The molecule has 1 rings (SSSR count). The van der Waals surface area contributed by atoms with Crippen molar-refractivity contribution in [2.45, 2.75) is 33.2 Å². The van der Waals surface area contributed by atoms with Crippen molar-refractivity contribution in [3.8, 4) is 5.75 Å². The molecule has 2 N–H and O–H groups in total. The Hall–Kier alpha value is -2.30. The molecule has 0 heterocycles. The van der Waals surface area contributed by atoms with E-state index in [1.54, 1.807) is 6.07 Å². The number of amides is 1. The molecule has 0 unspecified atom stereocenters. The molecule has 114 valence electrons. The van der Waals surface area contributed by atoms with Gasteiger partial charge >= 0.3 is 5.97 Å². The van der Waals surface area contributed by atoms with Crippen molar-refractivity contribution in [1.82, 2.24) is 5.32 Å². The van der Waals surface area contributed by atoms with Crippen LogP contribution in [0.3, 0.4) is 0 Å². The molecule has 0 fully saturated rings. The summed E-state index contributed by atoms with van der Waals surface area (Å²) in [5.41, 5.74) is 1.58. The molecule has 0 saturated heterocycles. The van der Waals surface area contributed by atoms with E-state index in [-0.39, 0.29) is 25.0 Å². The quantitative estimate of drug-likeness (QED) is 0.756. The van der Waals surface area contributed by atoms with Gasteiger partial charge in [0.2, 0.25) is 5.91 Å². The lowest BCUT2D eigenvalue weighted by Crippen LogP contribution is -2.31. The molecule has 0 aliphatic heterocycles. The van der Waals surface area contributed by atoms with Crippen LogP contribution in [0.5, 0.6) is 5.75 Å². The van der Waals surface area contributed by atoms with Crippen LogP contribution in [0.25, 0.3) is 6.08 Å². The normalized spacial score (nSPS) is 10.9. The molecule has 0 aliphatic carbocycles. The number of carboxylic acids is 1. The fourth-order valence-corrected chi connectivity index (χ4v) is 1.80. The van der Waals surface area contributed by atoms with Gasteiger partial charge in [-0.1, -0.05) is 18.2 Å². The fraction of sp³-hybridized carbons (Fsp3) is 0.375. The van der Waals surface area contributed by atoms with E-state index in [1.165, 1.54) is 6.08 Å². The van der Waals surface area contributed by atoms with Gasteiger partial charge in [0.05, 0.1) is 13.0 Å². The summed E-state index contributed by atoms with van der Waals surface area (Å²) in [4.78, 5) is 22.1. The molecule has 1 aromatic rings. The first kappa shape index (κ1) is 16.8. The van der Waals surface area contributed by atoms with Crippen molar-refractivity contribution in [3.63, 3.8) is 0 Å². The zero-order chi connectivity index (χ0) is 15.8. The number of para-hydroxylation sites is 1.